The van der Waals surface area contributed by atoms with Crippen LogP contribution in [0.4, 0.5) is 0 Å². The molecule has 19 heavy (non-hydrogen) atoms. The fourth-order valence-electron chi connectivity index (χ4n) is 2.30. The zero-order valence-electron chi connectivity index (χ0n) is 10.6. The maximum atomic E-state index is 5.94. The van der Waals surface area contributed by atoms with Crippen LogP contribution in [0.25, 0.3) is 0 Å². The van der Waals surface area contributed by atoms with Gasteiger partial charge in [-0.25, -0.2) is 0 Å². The van der Waals surface area contributed by atoms with Crippen molar-refractivity contribution in [3.8, 4) is 0 Å². The van der Waals surface area contributed by atoms with Crippen molar-refractivity contribution in [2.24, 2.45) is 5.92 Å². The Labute approximate surface area is 117 Å². The van der Waals surface area contributed by atoms with Gasteiger partial charge in [-0.15, -0.1) is 0 Å². The standard InChI is InChI=1S/C14H16ClN3O/c15-12-5-3-11(4-6-12)14(10-1-2-10)16-8-7-13-17-9-19-18-13/h3-6,9-10,14,16H,1-2,7-8H2. The fraction of sp³-hybridized carbons (Fsp3) is 0.429. The van der Waals surface area contributed by atoms with Crippen molar-refractivity contribution in [2.75, 3.05) is 6.54 Å². The summed E-state index contributed by atoms with van der Waals surface area (Å²) in [5.41, 5.74) is 1.31. The number of benzene rings is 1. The fourth-order valence-corrected chi connectivity index (χ4v) is 2.42. The summed E-state index contributed by atoms with van der Waals surface area (Å²) in [6, 6.07) is 8.52. The molecule has 3 rings (SSSR count). The molecule has 0 amide bonds. The van der Waals surface area contributed by atoms with E-state index in [0.717, 1.165) is 29.7 Å². The second-order valence-electron chi connectivity index (χ2n) is 4.92. The van der Waals surface area contributed by atoms with Crippen LogP contribution in [0.1, 0.15) is 30.3 Å². The Bertz CT molecular complexity index is 508. The number of aromatic nitrogens is 2. The van der Waals surface area contributed by atoms with E-state index in [1.807, 2.05) is 12.1 Å². The molecule has 100 valence electrons. The van der Waals surface area contributed by atoms with Crippen LogP contribution >= 0.6 is 11.6 Å². The lowest BCUT2D eigenvalue weighted by molar-refractivity contribution is 0.407. The topological polar surface area (TPSA) is 51.0 Å². The molecule has 2 aromatic rings. The van der Waals surface area contributed by atoms with Gasteiger partial charge in [0, 0.05) is 24.0 Å². The Morgan fingerprint density at radius 1 is 1.32 bits per heavy atom. The van der Waals surface area contributed by atoms with Gasteiger partial charge in [0.25, 0.3) is 0 Å². The number of hydrogen-bond acceptors (Lipinski definition) is 4. The second-order valence-corrected chi connectivity index (χ2v) is 5.35. The van der Waals surface area contributed by atoms with Crippen molar-refractivity contribution in [1.82, 2.24) is 15.5 Å². The number of nitrogens with one attached hydrogen (secondary N) is 1. The zero-order valence-corrected chi connectivity index (χ0v) is 11.3. The number of halogens is 1. The van der Waals surface area contributed by atoms with Gasteiger partial charge in [0.2, 0.25) is 6.39 Å². The molecule has 1 N–H and O–H groups in total. The summed E-state index contributed by atoms with van der Waals surface area (Å²) in [6.45, 7) is 0.851. The van der Waals surface area contributed by atoms with Gasteiger partial charge in [0.05, 0.1) is 0 Å². The molecule has 0 radical (unpaired) electrons. The third-order valence-corrected chi connectivity index (χ3v) is 3.69. The minimum atomic E-state index is 0.407. The molecular formula is C14H16ClN3O. The molecule has 1 aromatic heterocycles. The molecule has 0 aliphatic heterocycles. The highest BCUT2D eigenvalue weighted by Crippen LogP contribution is 2.41. The molecule has 0 saturated heterocycles. The highest BCUT2D eigenvalue weighted by Gasteiger charge is 2.31. The SMILES string of the molecule is Clc1ccc(C(NCCc2ncon2)C2CC2)cc1. The van der Waals surface area contributed by atoms with Crippen LogP contribution in [0.3, 0.4) is 0 Å². The molecule has 1 aliphatic rings. The van der Waals surface area contributed by atoms with E-state index >= 15 is 0 Å². The molecule has 0 bridgehead atoms. The first kappa shape index (κ1) is 12.6. The Kier molecular flexibility index (Phi) is 3.80. The monoisotopic (exact) mass is 277 g/mol. The van der Waals surface area contributed by atoms with E-state index in [2.05, 4.69) is 27.6 Å². The Morgan fingerprint density at radius 3 is 2.74 bits per heavy atom. The maximum absolute atomic E-state index is 5.94. The van der Waals surface area contributed by atoms with Gasteiger partial charge in [-0.1, -0.05) is 28.9 Å². The van der Waals surface area contributed by atoms with E-state index in [0.29, 0.717) is 6.04 Å². The lowest BCUT2D eigenvalue weighted by Crippen LogP contribution is -2.25. The van der Waals surface area contributed by atoms with Crippen LogP contribution in [-0.4, -0.2) is 16.7 Å². The minimum Gasteiger partial charge on any atom is -0.343 e. The van der Waals surface area contributed by atoms with E-state index in [1.165, 1.54) is 24.8 Å². The molecular weight excluding hydrogens is 262 g/mol. The van der Waals surface area contributed by atoms with Gasteiger partial charge in [-0.05, 0) is 36.5 Å². The Balaban J connectivity index is 1.60. The quantitative estimate of drug-likeness (QED) is 0.882. The van der Waals surface area contributed by atoms with Gasteiger partial charge < -0.3 is 9.84 Å². The summed E-state index contributed by atoms with van der Waals surface area (Å²) in [5, 5.41) is 8.19. The van der Waals surface area contributed by atoms with Crippen molar-refractivity contribution in [3.63, 3.8) is 0 Å². The maximum Gasteiger partial charge on any atom is 0.213 e. The van der Waals surface area contributed by atoms with Crippen molar-refractivity contribution in [2.45, 2.75) is 25.3 Å². The molecule has 1 saturated carbocycles. The van der Waals surface area contributed by atoms with Crippen molar-refractivity contribution in [1.29, 1.82) is 0 Å². The first-order valence-corrected chi connectivity index (χ1v) is 6.95. The number of hydrogen-bond donors (Lipinski definition) is 1. The van der Waals surface area contributed by atoms with Crippen LogP contribution in [0.15, 0.2) is 35.2 Å². The molecule has 1 atom stereocenters. The summed E-state index contributed by atoms with van der Waals surface area (Å²) < 4.78 is 4.73. The summed E-state index contributed by atoms with van der Waals surface area (Å²) in [7, 11) is 0. The molecule has 5 heteroatoms. The predicted molar refractivity (Wildman–Crippen MR) is 72.9 cm³/mol. The van der Waals surface area contributed by atoms with E-state index in [-0.39, 0.29) is 0 Å². The average Bonchev–Trinajstić information content (AvgIpc) is 3.13. The van der Waals surface area contributed by atoms with E-state index in [9.17, 15) is 0 Å². The normalized spacial score (nSPS) is 16.5. The Morgan fingerprint density at radius 2 is 2.11 bits per heavy atom. The largest absolute Gasteiger partial charge is 0.343 e. The highest BCUT2D eigenvalue weighted by atomic mass is 35.5. The Hall–Kier alpha value is -1.39. The van der Waals surface area contributed by atoms with Gasteiger partial charge in [-0.2, -0.15) is 4.98 Å². The van der Waals surface area contributed by atoms with E-state index in [4.69, 9.17) is 16.1 Å². The van der Waals surface area contributed by atoms with Crippen LogP contribution < -0.4 is 5.32 Å². The molecule has 1 fully saturated rings. The van der Waals surface area contributed by atoms with Crippen LogP contribution in [0.5, 0.6) is 0 Å². The predicted octanol–water partition coefficient (Wildman–Crippen LogP) is 3.01. The lowest BCUT2D eigenvalue weighted by Gasteiger charge is -2.18. The van der Waals surface area contributed by atoms with E-state index in [1.54, 1.807) is 0 Å². The van der Waals surface area contributed by atoms with Crippen LogP contribution in [-0.2, 0) is 6.42 Å². The highest BCUT2D eigenvalue weighted by molar-refractivity contribution is 6.30. The average molecular weight is 278 g/mol. The summed E-state index contributed by atoms with van der Waals surface area (Å²) in [5.74, 6) is 1.49. The van der Waals surface area contributed by atoms with Gasteiger partial charge >= 0.3 is 0 Å². The van der Waals surface area contributed by atoms with Crippen molar-refractivity contribution in [3.05, 3.63) is 47.1 Å². The first-order valence-electron chi connectivity index (χ1n) is 6.57. The number of nitrogens with zero attached hydrogens (tertiary/aromatic N) is 2. The molecule has 1 heterocycles. The van der Waals surface area contributed by atoms with E-state index < -0.39 is 0 Å². The smallest absolute Gasteiger partial charge is 0.213 e. The second kappa shape index (κ2) is 5.72. The molecule has 0 spiro atoms. The van der Waals surface area contributed by atoms with Crippen molar-refractivity contribution >= 4 is 11.6 Å². The summed E-state index contributed by atoms with van der Waals surface area (Å²) >= 11 is 5.94. The van der Waals surface area contributed by atoms with Gasteiger partial charge in [0.15, 0.2) is 5.82 Å². The van der Waals surface area contributed by atoms with Gasteiger partial charge in [-0.3, -0.25) is 0 Å². The molecule has 1 aromatic carbocycles. The molecule has 1 aliphatic carbocycles. The minimum absolute atomic E-state index is 0.407. The van der Waals surface area contributed by atoms with Crippen LogP contribution in [0, 0.1) is 5.92 Å². The summed E-state index contributed by atoms with van der Waals surface area (Å²) in [6.07, 6.45) is 4.74. The molecule has 4 nitrogen and oxygen atoms in total. The molecule has 1 unspecified atom stereocenters. The summed E-state index contributed by atoms with van der Waals surface area (Å²) in [4.78, 5) is 4.02. The van der Waals surface area contributed by atoms with Crippen LogP contribution in [0.2, 0.25) is 5.02 Å². The first-order chi connectivity index (χ1) is 9.33. The van der Waals surface area contributed by atoms with Crippen molar-refractivity contribution < 1.29 is 4.52 Å². The third-order valence-electron chi connectivity index (χ3n) is 3.44. The van der Waals surface area contributed by atoms with Gasteiger partial charge in [0.1, 0.15) is 0 Å². The zero-order chi connectivity index (χ0) is 13.1. The lowest BCUT2D eigenvalue weighted by atomic mass is 10.0. The number of rotatable bonds is 6. The third kappa shape index (κ3) is 3.33.